The molecule has 0 spiro atoms. The number of rotatable bonds is 4. The lowest BCUT2D eigenvalue weighted by atomic mass is 10.3. The predicted molar refractivity (Wildman–Crippen MR) is 58.9 cm³/mol. The zero-order valence-corrected chi connectivity index (χ0v) is 9.52. The number of imide groups is 1. The van der Waals surface area contributed by atoms with Gasteiger partial charge in [0.05, 0.1) is 20.8 Å². The van der Waals surface area contributed by atoms with Crippen LogP contribution in [-0.4, -0.2) is 37.6 Å². The molecule has 1 heterocycles. The second kappa shape index (κ2) is 5.80. The quantitative estimate of drug-likeness (QED) is 0.721. The number of hydrogen-bond donors (Lipinski definition) is 2. The Morgan fingerprint density at radius 2 is 2.06 bits per heavy atom. The molecule has 0 saturated carbocycles. The molecule has 0 saturated heterocycles. The van der Waals surface area contributed by atoms with Crippen molar-refractivity contribution in [2.24, 2.45) is 5.73 Å². The first kappa shape index (κ1) is 12.9. The van der Waals surface area contributed by atoms with E-state index in [1.165, 1.54) is 20.3 Å². The Balaban J connectivity index is 3.01. The van der Waals surface area contributed by atoms with Gasteiger partial charge in [0, 0.05) is 6.07 Å². The lowest BCUT2D eigenvalue weighted by Gasteiger charge is -2.08. The van der Waals surface area contributed by atoms with E-state index in [9.17, 15) is 9.59 Å². The highest BCUT2D eigenvalue weighted by atomic mass is 16.5. The molecular formula is C10H13N3O4. The number of aromatic nitrogens is 1. The minimum atomic E-state index is -0.684. The Bertz CT molecular complexity index is 434. The fourth-order valence-corrected chi connectivity index (χ4v) is 1.11. The van der Waals surface area contributed by atoms with Gasteiger partial charge in [-0.05, 0) is 6.07 Å². The summed E-state index contributed by atoms with van der Waals surface area (Å²) in [5.74, 6) is -0.790. The van der Waals surface area contributed by atoms with Crippen molar-refractivity contribution in [1.29, 1.82) is 0 Å². The molecule has 1 aromatic heterocycles. The average molecular weight is 239 g/mol. The molecule has 0 aliphatic heterocycles. The highest BCUT2D eigenvalue weighted by Gasteiger charge is 2.17. The molecule has 0 fully saturated rings. The van der Waals surface area contributed by atoms with Crippen LogP contribution in [0.15, 0.2) is 12.1 Å². The Kier molecular flexibility index (Phi) is 4.41. The molecule has 1 aromatic rings. The van der Waals surface area contributed by atoms with E-state index in [-0.39, 0.29) is 23.9 Å². The van der Waals surface area contributed by atoms with Gasteiger partial charge in [-0.25, -0.2) is 4.98 Å². The fraction of sp³-hybridized carbons (Fsp3) is 0.300. The van der Waals surface area contributed by atoms with E-state index < -0.39 is 11.8 Å². The number of ether oxygens (including phenoxy) is 2. The number of carbonyl (C=O) groups is 2. The molecule has 7 heteroatoms. The van der Waals surface area contributed by atoms with Gasteiger partial charge in [0.2, 0.25) is 11.8 Å². The number of carbonyl (C=O) groups excluding carboxylic acids is 2. The lowest BCUT2D eigenvalue weighted by molar-refractivity contribution is -0.118. The third-order valence-corrected chi connectivity index (χ3v) is 1.92. The van der Waals surface area contributed by atoms with Crippen LogP contribution in [0.25, 0.3) is 0 Å². The van der Waals surface area contributed by atoms with Crippen LogP contribution in [0.5, 0.6) is 11.6 Å². The molecule has 0 aliphatic rings. The van der Waals surface area contributed by atoms with Crippen LogP contribution < -0.4 is 20.5 Å². The maximum absolute atomic E-state index is 11.7. The van der Waals surface area contributed by atoms with Crippen molar-refractivity contribution in [1.82, 2.24) is 10.3 Å². The Morgan fingerprint density at radius 3 is 2.59 bits per heavy atom. The van der Waals surface area contributed by atoms with Crippen molar-refractivity contribution in [3.8, 4) is 11.6 Å². The smallest absolute Gasteiger partial charge is 0.280 e. The molecule has 17 heavy (non-hydrogen) atoms. The Hall–Kier alpha value is -2.15. The van der Waals surface area contributed by atoms with Crippen molar-refractivity contribution in [2.45, 2.75) is 0 Å². The number of methoxy groups -OCH3 is 2. The van der Waals surface area contributed by atoms with Crippen LogP contribution in [0, 0.1) is 0 Å². The van der Waals surface area contributed by atoms with E-state index in [0.717, 1.165) is 0 Å². The van der Waals surface area contributed by atoms with Gasteiger partial charge in [-0.2, -0.15) is 0 Å². The number of nitrogens with two attached hydrogens (primary N) is 1. The summed E-state index contributed by atoms with van der Waals surface area (Å²) < 4.78 is 9.84. The first-order chi connectivity index (χ1) is 8.12. The third-order valence-electron chi connectivity index (χ3n) is 1.92. The highest BCUT2D eigenvalue weighted by Crippen LogP contribution is 2.19. The van der Waals surface area contributed by atoms with Crippen LogP contribution in [0.3, 0.4) is 0 Å². The molecule has 7 nitrogen and oxygen atoms in total. The number of nitrogens with zero attached hydrogens (tertiary/aromatic N) is 1. The highest BCUT2D eigenvalue weighted by molar-refractivity contribution is 6.05. The van der Waals surface area contributed by atoms with E-state index in [1.54, 1.807) is 6.07 Å². The van der Waals surface area contributed by atoms with Crippen LogP contribution in [-0.2, 0) is 4.79 Å². The van der Waals surface area contributed by atoms with Gasteiger partial charge in [-0.1, -0.05) is 0 Å². The normalized spacial score (nSPS) is 9.59. The predicted octanol–water partition coefficient (Wildman–Crippen LogP) is -0.686. The molecule has 1 rings (SSSR count). The van der Waals surface area contributed by atoms with Gasteiger partial charge >= 0.3 is 0 Å². The largest absolute Gasteiger partial charge is 0.494 e. The lowest BCUT2D eigenvalue weighted by Crippen LogP contribution is -2.36. The van der Waals surface area contributed by atoms with Crippen LogP contribution in [0.2, 0.25) is 0 Å². The van der Waals surface area contributed by atoms with E-state index in [2.05, 4.69) is 10.3 Å². The zero-order valence-electron chi connectivity index (χ0n) is 9.52. The summed E-state index contributed by atoms with van der Waals surface area (Å²) in [7, 11) is 2.81. The number of hydrogen-bond acceptors (Lipinski definition) is 6. The summed E-state index contributed by atoms with van der Waals surface area (Å²) in [4.78, 5) is 26.6. The second-order valence-corrected chi connectivity index (χ2v) is 2.99. The van der Waals surface area contributed by atoms with E-state index in [1.807, 2.05) is 0 Å². The molecule has 2 amide bonds. The maximum Gasteiger partial charge on any atom is 0.280 e. The van der Waals surface area contributed by atoms with Gasteiger partial charge in [-0.15, -0.1) is 0 Å². The van der Waals surface area contributed by atoms with Gasteiger partial charge < -0.3 is 15.2 Å². The van der Waals surface area contributed by atoms with Crippen molar-refractivity contribution in [3.63, 3.8) is 0 Å². The summed E-state index contributed by atoms with van der Waals surface area (Å²) in [5, 5.41) is 2.07. The monoisotopic (exact) mass is 239 g/mol. The third kappa shape index (κ3) is 3.15. The van der Waals surface area contributed by atoms with Gasteiger partial charge in [0.15, 0.2) is 11.4 Å². The maximum atomic E-state index is 11.7. The van der Waals surface area contributed by atoms with E-state index in [0.29, 0.717) is 0 Å². The summed E-state index contributed by atoms with van der Waals surface area (Å²) in [6.45, 7) is -0.280. The molecule has 0 bridgehead atoms. The van der Waals surface area contributed by atoms with Crippen molar-refractivity contribution < 1.29 is 19.1 Å². The summed E-state index contributed by atoms with van der Waals surface area (Å²) in [6, 6.07) is 3.06. The van der Waals surface area contributed by atoms with Crippen LogP contribution in [0.4, 0.5) is 0 Å². The topological polar surface area (TPSA) is 104 Å². The molecule has 0 radical (unpaired) electrons. The molecule has 0 aromatic carbocycles. The number of nitrogens with one attached hydrogen (secondary N) is 1. The zero-order chi connectivity index (χ0) is 12.8. The number of pyridine rings is 1. The minimum absolute atomic E-state index is 0.0337. The molecule has 3 N–H and O–H groups in total. The first-order valence-corrected chi connectivity index (χ1v) is 4.75. The van der Waals surface area contributed by atoms with E-state index in [4.69, 9.17) is 15.2 Å². The van der Waals surface area contributed by atoms with Gasteiger partial charge in [0.25, 0.3) is 5.91 Å². The standard InChI is InChI=1S/C10H13N3O4/c1-16-6-3-4-8(17-2)13-9(6)10(15)12-7(14)5-11/h3-4H,5,11H2,1-2H3,(H,12,14,15). The fourth-order valence-electron chi connectivity index (χ4n) is 1.11. The molecule has 0 unspecified atom stereocenters. The summed E-state index contributed by atoms with van der Waals surface area (Å²) in [5.41, 5.74) is 5.05. The minimum Gasteiger partial charge on any atom is -0.494 e. The van der Waals surface area contributed by atoms with Crippen molar-refractivity contribution in [3.05, 3.63) is 17.8 Å². The van der Waals surface area contributed by atoms with Crippen LogP contribution in [0.1, 0.15) is 10.5 Å². The second-order valence-electron chi connectivity index (χ2n) is 2.99. The number of amides is 2. The average Bonchev–Trinajstić information content (AvgIpc) is 2.37. The van der Waals surface area contributed by atoms with Crippen molar-refractivity contribution >= 4 is 11.8 Å². The van der Waals surface area contributed by atoms with E-state index >= 15 is 0 Å². The molecule has 0 atom stereocenters. The SMILES string of the molecule is COc1ccc(OC)c(C(=O)NC(=O)CN)n1. The van der Waals surface area contributed by atoms with Crippen molar-refractivity contribution in [2.75, 3.05) is 20.8 Å². The molecule has 0 aliphatic carbocycles. The van der Waals surface area contributed by atoms with Gasteiger partial charge in [-0.3, -0.25) is 14.9 Å². The first-order valence-electron chi connectivity index (χ1n) is 4.75. The summed E-state index contributed by atoms with van der Waals surface area (Å²) in [6.07, 6.45) is 0. The molecular weight excluding hydrogens is 226 g/mol. The Labute approximate surface area is 97.9 Å². The molecule has 92 valence electrons. The Morgan fingerprint density at radius 1 is 1.35 bits per heavy atom. The van der Waals surface area contributed by atoms with Gasteiger partial charge in [0.1, 0.15) is 0 Å². The summed E-state index contributed by atoms with van der Waals surface area (Å²) >= 11 is 0. The van der Waals surface area contributed by atoms with Crippen LogP contribution >= 0.6 is 0 Å².